The molecule has 1 saturated carbocycles. The van der Waals surface area contributed by atoms with Gasteiger partial charge in [-0.2, -0.15) is 14.6 Å². The summed E-state index contributed by atoms with van der Waals surface area (Å²) in [6, 6.07) is 4.58. The zero-order valence-corrected chi connectivity index (χ0v) is 16.9. The van der Waals surface area contributed by atoms with Gasteiger partial charge in [-0.1, -0.05) is 0 Å². The first-order chi connectivity index (χ1) is 15.5. The van der Waals surface area contributed by atoms with Gasteiger partial charge in [-0.05, 0) is 25.0 Å². The number of carbonyl (C=O) groups is 3. The Morgan fingerprint density at radius 2 is 2.12 bits per heavy atom. The van der Waals surface area contributed by atoms with Gasteiger partial charge in [0, 0.05) is 37.0 Å². The van der Waals surface area contributed by atoms with E-state index in [1.807, 2.05) is 0 Å². The molecule has 3 aromatic rings. The lowest BCUT2D eigenvalue weighted by Gasteiger charge is -2.11. The molecule has 0 radical (unpaired) electrons. The quantitative estimate of drug-likeness (QED) is 0.332. The molecule has 0 spiro atoms. The Bertz CT molecular complexity index is 1290. The maximum Gasteiger partial charge on any atom is 0.326 e. The molecule has 1 aliphatic carbocycles. The van der Waals surface area contributed by atoms with Gasteiger partial charge in [-0.3, -0.25) is 19.9 Å². The smallest absolute Gasteiger partial charge is 0.326 e. The van der Waals surface area contributed by atoms with Gasteiger partial charge < -0.3 is 20.7 Å². The van der Waals surface area contributed by atoms with Gasteiger partial charge in [0.2, 0.25) is 5.88 Å². The van der Waals surface area contributed by atoms with Crippen molar-refractivity contribution < 1.29 is 19.1 Å². The molecule has 0 bridgehead atoms. The van der Waals surface area contributed by atoms with Crippen molar-refractivity contribution in [1.29, 1.82) is 0 Å². The molecule has 2 aliphatic rings. The van der Waals surface area contributed by atoms with Crippen LogP contribution in [0.5, 0.6) is 11.6 Å². The van der Waals surface area contributed by atoms with Crippen molar-refractivity contribution in [1.82, 2.24) is 35.5 Å². The second kappa shape index (κ2) is 7.65. The Balaban J connectivity index is 1.54. The van der Waals surface area contributed by atoms with Gasteiger partial charge in [0.1, 0.15) is 23.0 Å². The number of hydrogen-bond donors (Lipinski definition) is 4. The Hall–Kier alpha value is -4.48. The minimum Gasteiger partial charge on any atom is -0.439 e. The molecule has 5 rings (SSSR count). The third kappa shape index (κ3) is 3.80. The van der Waals surface area contributed by atoms with Gasteiger partial charge in [0.25, 0.3) is 11.8 Å². The molecule has 3 aromatic heterocycles. The molecule has 1 saturated heterocycles. The third-order valence-electron chi connectivity index (χ3n) is 4.84. The summed E-state index contributed by atoms with van der Waals surface area (Å²) in [5, 5.41) is 14.9. The highest BCUT2D eigenvalue weighted by Gasteiger charge is 2.25. The van der Waals surface area contributed by atoms with E-state index >= 15 is 0 Å². The molecule has 4 N–H and O–H groups in total. The predicted molar refractivity (Wildman–Crippen MR) is 112 cm³/mol. The number of nitrogens with one attached hydrogen (secondary N) is 4. The number of aromatic nitrogens is 4. The molecule has 0 unspecified atom stereocenters. The van der Waals surface area contributed by atoms with E-state index in [0.717, 1.165) is 12.8 Å². The fourth-order valence-electron chi connectivity index (χ4n) is 3.14. The number of imide groups is 1. The molecular formula is C20H18N8O4. The monoisotopic (exact) mass is 434 g/mol. The number of ether oxygens (including phenoxy) is 1. The third-order valence-corrected chi connectivity index (χ3v) is 4.84. The van der Waals surface area contributed by atoms with E-state index in [9.17, 15) is 14.4 Å². The Morgan fingerprint density at radius 3 is 2.84 bits per heavy atom. The lowest BCUT2D eigenvalue weighted by atomic mass is 10.2. The van der Waals surface area contributed by atoms with E-state index in [1.165, 1.54) is 25.4 Å². The number of hydrogen-bond acceptors (Lipinski definition) is 8. The first-order valence-corrected chi connectivity index (χ1v) is 9.85. The number of fused-ring (bicyclic) bond motifs is 1. The maximum atomic E-state index is 11.9. The SMILES string of the molecule is CNC(=O)c1cc(Oc2cc(NC3CC3)n3ncc(/C=C4\NC(=O)NC4=O)c3n2)ccn1. The number of pyridine rings is 1. The van der Waals surface area contributed by atoms with Crippen LogP contribution in [0.15, 0.2) is 36.3 Å². The minimum absolute atomic E-state index is 0.0964. The Labute approximate surface area is 181 Å². The molecule has 12 nitrogen and oxygen atoms in total. The van der Waals surface area contributed by atoms with E-state index in [-0.39, 0.29) is 23.2 Å². The summed E-state index contributed by atoms with van der Waals surface area (Å²) in [6.45, 7) is 0. The topological polar surface area (TPSA) is 152 Å². The average Bonchev–Trinajstić information content (AvgIpc) is 3.42. The summed E-state index contributed by atoms with van der Waals surface area (Å²) in [5.41, 5.74) is 1.24. The minimum atomic E-state index is -0.588. The summed E-state index contributed by atoms with van der Waals surface area (Å²) in [6.07, 6.45) is 6.60. The van der Waals surface area contributed by atoms with E-state index in [2.05, 4.69) is 36.3 Å². The molecule has 2 fully saturated rings. The van der Waals surface area contributed by atoms with Crippen molar-refractivity contribution in [2.75, 3.05) is 12.4 Å². The fourth-order valence-corrected chi connectivity index (χ4v) is 3.14. The zero-order chi connectivity index (χ0) is 22.2. The summed E-state index contributed by atoms with van der Waals surface area (Å²) in [4.78, 5) is 43.7. The first kappa shape index (κ1) is 19.5. The van der Waals surface area contributed by atoms with Crippen LogP contribution in [0.3, 0.4) is 0 Å². The van der Waals surface area contributed by atoms with Gasteiger partial charge in [-0.25, -0.2) is 4.79 Å². The van der Waals surface area contributed by atoms with E-state index in [1.54, 1.807) is 22.8 Å². The average molecular weight is 434 g/mol. The molecule has 4 amide bonds. The highest BCUT2D eigenvalue weighted by atomic mass is 16.5. The highest BCUT2D eigenvalue weighted by Crippen LogP contribution is 2.30. The van der Waals surface area contributed by atoms with E-state index in [0.29, 0.717) is 28.8 Å². The molecule has 12 heteroatoms. The van der Waals surface area contributed by atoms with Crippen molar-refractivity contribution >= 4 is 35.4 Å². The summed E-state index contributed by atoms with van der Waals surface area (Å²) in [7, 11) is 1.52. The molecule has 1 aliphatic heterocycles. The normalized spacial score (nSPS) is 16.7. The second-order valence-electron chi connectivity index (χ2n) is 7.26. The van der Waals surface area contributed by atoms with Gasteiger partial charge in [0.05, 0.1) is 6.20 Å². The van der Waals surface area contributed by atoms with Crippen molar-refractivity contribution in [2.45, 2.75) is 18.9 Å². The standard InChI is InChI=1S/C20H18N8O4/c1-21-18(29)13-7-12(4-5-22-13)32-16-8-15(24-11-2-3-11)28-17(26-16)10(9-23-28)6-14-19(30)27-20(31)25-14/h4-9,11,24H,2-3H2,1H3,(H,21,29)(H2,25,27,30,31)/b14-6-. The van der Waals surface area contributed by atoms with Crippen LogP contribution in [-0.4, -0.2) is 50.5 Å². The number of carbonyl (C=O) groups excluding carboxylic acids is 3. The van der Waals surface area contributed by atoms with Crippen molar-refractivity contribution in [3.8, 4) is 11.6 Å². The number of anilines is 1. The molecular weight excluding hydrogens is 416 g/mol. The van der Waals surface area contributed by atoms with Crippen LogP contribution >= 0.6 is 0 Å². The zero-order valence-electron chi connectivity index (χ0n) is 16.9. The van der Waals surface area contributed by atoms with E-state index < -0.39 is 11.9 Å². The van der Waals surface area contributed by atoms with Crippen LogP contribution in [0.4, 0.5) is 10.6 Å². The molecule has 162 valence electrons. The predicted octanol–water partition coefficient (Wildman–Crippen LogP) is 1.03. The van der Waals surface area contributed by atoms with Gasteiger partial charge in [-0.15, -0.1) is 0 Å². The summed E-state index contributed by atoms with van der Waals surface area (Å²) < 4.78 is 7.52. The first-order valence-electron chi connectivity index (χ1n) is 9.85. The van der Waals surface area contributed by atoms with Crippen LogP contribution in [0.1, 0.15) is 28.9 Å². The lowest BCUT2D eigenvalue weighted by Crippen LogP contribution is -2.22. The van der Waals surface area contributed by atoms with Crippen molar-refractivity contribution in [3.63, 3.8) is 0 Å². The maximum absolute atomic E-state index is 11.9. The van der Waals surface area contributed by atoms with Crippen molar-refractivity contribution in [3.05, 3.63) is 47.5 Å². The Kier molecular flexibility index (Phi) is 4.66. The van der Waals surface area contributed by atoms with Crippen LogP contribution in [0, 0.1) is 0 Å². The van der Waals surface area contributed by atoms with Crippen LogP contribution in [-0.2, 0) is 4.79 Å². The van der Waals surface area contributed by atoms with Crippen LogP contribution in [0.2, 0.25) is 0 Å². The molecule has 32 heavy (non-hydrogen) atoms. The van der Waals surface area contributed by atoms with Gasteiger partial charge >= 0.3 is 6.03 Å². The molecule has 0 aromatic carbocycles. The highest BCUT2D eigenvalue weighted by molar-refractivity contribution is 6.14. The summed E-state index contributed by atoms with van der Waals surface area (Å²) >= 11 is 0. The second-order valence-corrected chi connectivity index (χ2v) is 7.26. The van der Waals surface area contributed by atoms with Crippen molar-refractivity contribution in [2.24, 2.45) is 0 Å². The summed E-state index contributed by atoms with van der Waals surface area (Å²) in [5.74, 6) is 0.440. The van der Waals surface area contributed by atoms with Gasteiger partial charge in [0.15, 0.2) is 5.65 Å². The number of rotatable bonds is 6. The molecule has 4 heterocycles. The number of urea groups is 1. The largest absolute Gasteiger partial charge is 0.439 e. The lowest BCUT2D eigenvalue weighted by molar-refractivity contribution is -0.115. The number of amides is 4. The number of nitrogens with zero attached hydrogens (tertiary/aromatic N) is 4. The van der Waals surface area contributed by atoms with Crippen LogP contribution in [0.25, 0.3) is 11.7 Å². The molecule has 0 atom stereocenters. The van der Waals surface area contributed by atoms with E-state index in [4.69, 9.17) is 4.74 Å². The Morgan fingerprint density at radius 1 is 1.28 bits per heavy atom. The van der Waals surface area contributed by atoms with Crippen LogP contribution < -0.4 is 26.0 Å². The fraction of sp³-hybridized carbons (Fsp3) is 0.200.